The van der Waals surface area contributed by atoms with E-state index in [4.69, 9.17) is 28.6 Å². The minimum absolute atomic E-state index is 0.893. The van der Waals surface area contributed by atoms with Crippen molar-refractivity contribution in [2.75, 3.05) is 19.0 Å². The summed E-state index contributed by atoms with van der Waals surface area (Å²) in [6.07, 6.45) is -25.9. The van der Waals surface area contributed by atoms with E-state index in [0.29, 0.717) is 0 Å². The highest BCUT2D eigenvalue weighted by molar-refractivity contribution is 7.85. The fraction of sp³-hybridized carbons (Fsp3) is 1.00. The lowest BCUT2D eigenvalue weighted by atomic mass is 9.97. The molecule has 14 atom stereocenters. The molecule has 2 aliphatic rings. The van der Waals surface area contributed by atoms with Gasteiger partial charge in [0.25, 0.3) is 10.1 Å². The Labute approximate surface area is 205 Å². The summed E-state index contributed by atoms with van der Waals surface area (Å²) in [6, 6.07) is 0. The first-order valence-corrected chi connectivity index (χ1v) is 12.5. The van der Waals surface area contributed by atoms with E-state index in [2.05, 4.69) is 0 Å². The number of rotatable bonds is 11. The maximum atomic E-state index is 11.2. The van der Waals surface area contributed by atoms with Gasteiger partial charge in [-0.3, -0.25) is 4.55 Å². The fourth-order valence-corrected chi connectivity index (χ4v) is 4.40. The van der Waals surface area contributed by atoms with Gasteiger partial charge in [0.15, 0.2) is 12.6 Å². The summed E-state index contributed by atoms with van der Waals surface area (Å²) < 4.78 is 52.9. The predicted molar refractivity (Wildman–Crippen MR) is 111 cm³/mol. The molecule has 11 N–H and O–H groups in total. The van der Waals surface area contributed by atoms with Crippen LogP contribution in [-0.4, -0.2) is 169 Å². The van der Waals surface area contributed by atoms with Crippen molar-refractivity contribution in [3.63, 3.8) is 0 Å². The maximum Gasteiger partial charge on any atom is 0.267 e. The zero-order valence-corrected chi connectivity index (χ0v) is 19.8. The molecular formula is C18H34O17S. The Morgan fingerprint density at radius 1 is 0.833 bits per heavy atom. The van der Waals surface area contributed by atoms with Crippen LogP contribution in [0.25, 0.3) is 0 Å². The molecule has 0 aliphatic carbocycles. The molecule has 0 spiro atoms. The Hall–Kier alpha value is -0.650. The second-order valence-electron chi connectivity index (χ2n) is 8.65. The number of aliphatic hydroxyl groups excluding tert-OH is 10. The third kappa shape index (κ3) is 7.47. The SMILES string of the molecule is C[C@@H]1O[C@@H](O[C@H]2[C@H](O[C@@H]([C@H](O)[C@@H](O)CO)[C@H](O)CS(=O)(=O)O)O[C@H](CO)[C@H](O)[C@@H]2O)[C@@H](O)[C@H](O)[C@@H]1O. The second-order valence-corrected chi connectivity index (χ2v) is 10.1. The van der Waals surface area contributed by atoms with Crippen molar-refractivity contribution < 1.29 is 83.0 Å². The molecule has 0 unspecified atom stereocenters. The molecule has 2 rings (SSSR count). The molecule has 2 fully saturated rings. The lowest BCUT2D eigenvalue weighted by Crippen LogP contribution is -2.65. The van der Waals surface area contributed by atoms with Gasteiger partial charge in [-0.15, -0.1) is 0 Å². The average molecular weight is 555 g/mol. The number of hydrogen-bond donors (Lipinski definition) is 11. The van der Waals surface area contributed by atoms with Crippen molar-refractivity contribution in [1.82, 2.24) is 0 Å². The second kappa shape index (κ2) is 12.9. The molecule has 2 saturated heterocycles. The van der Waals surface area contributed by atoms with Crippen LogP contribution in [0.2, 0.25) is 0 Å². The van der Waals surface area contributed by atoms with E-state index in [1.54, 1.807) is 0 Å². The monoisotopic (exact) mass is 554 g/mol. The molecule has 36 heavy (non-hydrogen) atoms. The highest BCUT2D eigenvalue weighted by atomic mass is 32.2. The largest absolute Gasteiger partial charge is 0.394 e. The summed E-state index contributed by atoms with van der Waals surface area (Å²) in [5.74, 6) is -1.41. The summed E-state index contributed by atoms with van der Waals surface area (Å²) in [6.45, 7) is -0.649. The van der Waals surface area contributed by atoms with E-state index >= 15 is 0 Å². The Morgan fingerprint density at radius 3 is 1.97 bits per heavy atom. The first-order chi connectivity index (χ1) is 16.6. The third-order valence-electron chi connectivity index (χ3n) is 5.89. The van der Waals surface area contributed by atoms with Gasteiger partial charge in [-0.25, -0.2) is 0 Å². The average Bonchev–Trinajstić information content (AvgIpc) is 2.81. The standard InChI is InChI=1S/C18H34O17S/c1-5-9(23)12(26)14(28)17(32-5)35-16-13(27)11(25)8(3-20)33-18(16)34-15(10(24)6(21)2-19)7(22)4-36(29,30)31/h5-28H,2-4H2,1H3,(H,29,30,31)/t5-,6-,7+,8+,9+,10+,11-,12+,13-,14-,15+,16+,17-,18-/m0/s1. The third-order valence-corrected chi connectivity index (χ3v) is 6.66. The van der Waals surface area contributed by atoms with Gasteiger partial charge in [0.05, 0.1) is 25.4 Å². The summed E-state index contributed by atoms with van der Waals surface area (Å²) in [4.78, 5) is 0. The summed E-state index contributed by atoms with van der Waals surface area (Å²) >= 11 is 0. The molecule has 0 bridgehead atoms. The Balaban J connectivity index is 2.37. The number of hydrogen-bond acceptors (Lipinski definition) is 16. The molecular weight excluding hydrogens is 520 g/mol. The van der Waals surface area contributed by atoms with Crippen molar-refractivity contribution in [2.45, 2.75) is 92.8 Å². The maximum absolute atomic E-state index is 11.2. The fourth-order valence-electron chi connectivity index (χ4n) is 3.78. The normalized spacial score (nSPS) is 41.4. The van der Waals surface area contributed by atoms with Crippen molar-refractivity contribution in [2.24, 2.45) is 0 Å². The van der Waals surface area contributed by atoms with Crippen LogP contribution in [-0.2, 0) is 29.1 Å². The Kier molecular flexibility index (Phi) is 11.3. The van der Waals surface area contributed by atoms with Crippen molar-refractivity contribution in [3.05, 3.63) is 0 Å². The van der Waals surface area contributed by atoms with Crippen LogP contribution in [0.3, 0.4) is 0 Å². The van der Waals surface area contributed by atoms with Crippen molar-refractivity contribution in [1.29, 1.82) is 0 Å². The van der Waals surface area contributed by atoms with E-state index < -0.39 is 115 Å². The molecule has 0 aromatic heterocycles. The Bertz CT molecular complexity index is 784. The van der Waals surface area contributed by atoms with E-state index in [9.17, 15) is 54.4 Å². The van der Waals surface area contributed by atoms with E-state index in [1.807, 2.05) is 0 Å². The van der Waals surface area contributed by atoms with Crippen LogP contribution < -0.4 is 0 Å². The van der Waals surface area contributed by atoms with Crippen LogP contribution in [0.1, 0.15) is 6.92 Å². The summed E-state index contributed by atoms with van der Waals surface area (Å²) in [7, 11) is -4.86. The van der Waals surface area contributed by atoms with Crippen LogP contribution >= 0.6 is 0 Å². The molecule has 2 heterocycles. The van der Waals surface area contributed by atoms with Gasteiger partial charge in [0.2, 0.25) is 0 Å². The lowest BCUT2D eigenvalue weighted by molar-refractivity contribution is -0.374. The molecule has 0 saturated carbocycles. The van der Waals surface area contributed by atoms with Gasteiger partial charge in [0.1, 0.15) is 66.8 Å². The quantitative estimate of drug-likeness (QED) is 0.106. The van der Waals surface area contributed by atoms with Gasteiger partial charge < -0.3 is 70.0 Å². The minimum atomic E-state index is -4.86. The van der Waals surface area contributed by atoms with Crippen LogP contribution in [0.5, 0.6) is 0 Å². The lowest BCUT2D eigenvalue weighted by Gasteiger charge is -2.46. The van der Waals surface area contributed by atoms with Crippen LogP contribution in [0.15, 0.2) is 0 Å². The molecule has 0 aromatic rings. The first kappa shape index (κ1) is 31.6. The van der Waals surface area contributed by atoms with Gasteiger partial charge in [-0.2, -0.15) is 8.42 Å². The molecule has 2 aliphatic heterocycles. The van der Waals surface area contributed by atoms with E-state index in [1.165, 1.54) is 6.92 Å². The van der Waals surface area contributed by atoms with Gasteiger partial charge in [-0.1, -0.05) is 0 Å². The number of aliphatic hydroxyl groups is 10. The number of ether oxygens (including phenoxy) is 4. The van der Waals surface area contributed by atoms with Crippen LogP contribution in [0.4, 0.5) is 0 Å². The topological polar surface area (TPSA) is 294 Å². The van der Waals surface area contributed by atoms with Gasteiger partial charge >= 0.3 is 0 Å². The van der Waals surface area contributed by atoms with Crippen molar-refractivity contribution >= 4 is 10.1 Å². The smallest absolute Gasteiger partial charge is 0.267 e. The summed E-state index contributed by atoms with van der Waals surface area (Å²) in [5, 5.41) is 99.9. The highest BCUT2D eigenvalue weighted by Gasteiger charge is 2.52. The zero-order chi connectivity index (χ0) is 27.5. The van der Waals surface area contributed by atoms with E-state index in [0.717, 1.165) is 0 Å². The molecule has 17 nitrogen and oxygen atoms in total. The van der Waals surface area contributed by atoms with Crippen molar-refractivity contribution in [3.8, 4) is 0 Å². The van der Waals surface area contributed by atoms with Gasteiger partial charge in [-0.05, 0) is 6.92 Å². The summed E-state index contributed by atoms with van der Waals surface area (Å²) in [5.41, 5.74) is 0. The van der Waals surface area contributed by atoms with Gasteiger partial charge in [0, 0.05) is 0 Å². The first-order valence-electron chi connectivity index (χ1n) is 10.9. The van der Waals surface area contributed by atoms with E-state index in [-0.39, 0.29) is 0 Å². The Morgan fingerprint density at radius 2 is 1.44 bits per heavy atom. The molecule has 0 radical (unpaired) electrons. The molecule has 0 amide bonds. The molecule has 0 aromatic carbocycles. The zero-order valence-electron chi connectivity index (χ0n) is 19.0. The predicted octanol–water partition coefficient (Wildman–Crippen LogP) is -7.01. The highest BCUT2D eigenvalue weighted by Crippen LogP contribution is 2.31. The molecule has 214 valence electrons. The van der Waals surface area contributed by atoms with Crippen LogP contribution in [0, 0.1) is 0 Å². The molecule has 18 heteroatoms. The minimum Gasteiger partial charge on any atom is -0.394 e.